The molecule has 0 spiro atoms. The summed E-state index contributed by atoms with van der Waals surface area (Å²) in [4.78, 5) is 79.6. The lowest BCUT2D eigenvalue weighted by Gasteiger charge is -2.23. The first-order chi connectivity index (χ1) is 34.1. The summed E-state index contributed by atoms with van der Waals surface area (Å²) in [5, 5.41) is 18.1. The number of hydrogen-bond acceptors (Lipinski definition) is 12. The molecule has 0 radical (unpaired) electrons. The predicted molar refractivity (Wildman–Crippen MR) is 278 cm³/mol. The van der Waals surface area contributed by atoms with Gasteiger partial charge in [0, 0.05) is 43.7 Å². The third-order valence-corrected chi connectivity index (χ3v) is 12.4. The number of fused-ring (bicyclic) bond motifs is 1. The van der Waals surface area contributed by atoms with Gasteiger partial charge in [-0.2, -0.15) is 4.98 Å². The number of nitrogens with one attached hydrogen (secondary N) is 4. The third kappa shape index (κ3) is 26.7. The van der Waals surface area contributed by atoms with E-state index in [1.54, 1.807) is 12.1 Å². The Kier molecular flexibility index (Phi) is 31.8. The van der Waals surface area contributed by atoms with Crippen molar-refractivity contribution in [3.8, 4) is 0 Å². The van der Waals surface area contributed by atoms with Crippen molar-refractivity contribution >= 4 is 46.5 Å². The Balaban J connectivity index is 1.27. The number of amides is 3. The maximum atomic E-state index is 13.3. The normalized spacial score (nSPS) is 11.7. The van der Waals surface area contributed by atoms with Gasteiger partial charge in [0.15, 0.2) is 11.2 Å². The lowest BCUT2D eigenvalue weighted by molar-refractivity contribution is -0.139. The van der Waals surface area contributed by atoms with E-state index in [1.807, 2.05) is 4.90 Å². The van der Waals surface area contributed by atoms with Crippen LogP contribution in [0.5, 0.6) is 0 Å². The number of aromatic nitrogens is 4. The van der Waals surface area contributed by atoms with E-state index in [0.29, 0.717) is 44.2 Å². The number of carbonyl (C=O) groups is 4. The molecule has 0 aliphatic carbocycles. The molecule has 0 fully saturated rings. The Hall–Kier alpha value is -5.16. The number of anilines is 2. The van der Waals surface area contributed by atoms with Gasteiger partial charge in [0.25, 0.3) is 11.5 Å². The Labute approximate surface area is 417 Å². The number of rotatable bonds is 43. The van der Waals surface area contributed by atoms with E-state index in [9.17, 15) is 29.1 Å². The molecule has 7 N–H and O–H groups in total. The number of carboxylic acids is 1. The fourth-order valence-corrected chi connectivity index (χ4v) is 8.21. The van der Waals surface area contributed by atoms with Gasteiger partial charge in [-0.3, -0.25) is 24.2 Å². The van der Waals surface area contributed by atoms with Crippen molar-refractivity contribution in [2.45, 2.75) is 193 Å². The molecule has 17 heteroatoms. The highest BCUT2D eigenvalue weighted by Crippen LogP contribution is 2.16. The minimum atomic E-state index is -1.27. The zero-order chi connectivity index (χ0) is 50.4. The van der Waals surface area contributed by atoms with Crippen LogP contribution >= 0.6 is 0 Å². The second kappa shape index (κ2) is 37.6. The molecular formula is C53H87N9O8. The molecule has 3 rings (SSSR count). The molecular weight excluding hydrogens is 891 g/mol. The number of unbranched alkanes of at least 4 members (excludes halogenated alkanes) is 21. The van der Waals surface area contributed by atoms with Crippen LogP contribution in [-0.4, -0.2) is 106 Å². The number of nitrogens with zero attached hydrogens (tertiary/aromatic N) is 4. The second-order valence-electron chi connectivity index (χ2n) is 18.4. The average molecular weight is 978 g/mol. The number of nitrogens with two attached hydrogens (primary N) is 1. The molecule has 17 nitrogen and oxygen atoms in total. The van der Waals surface area contributed by atoms with Crippen LogP contribution in [0.25, 0.3) is 11.2 Å². The molecule has 0 saturated heterocycles. The van der Waals surface area contributed by atoms with E-state index in [4.69, 9.17) is 15.2 Å². The van der Waals surface area contributed by atoms with E-state index >= 15 is 0 Å². The molecule has 0 saturated carbocycles. The lowest BCUT2D eigenvalue weighted by atomic mass is 10.0. The van der Waals surface area contributed by atoms with Crippen LogP contribution in [0.15, 0.2) is 35.3 Å². The molecule has 2 heterocycles. The number of benzene rings is 1. The standard InChI is InChI=1S/C53H87N9O8/c1-3-5-7-9-11-13-15-17-19-21-23-25-34-62(47(64)26-24-22-20-18-16-14-12-10-8-6-4-2)35-37-70-39-38-69-36-33-55-46(63)32-31-45(52(67)68)59-50(65)42-27-29-43(30-28-42)56-40-44-41-57-49-48(58-44)51(66)61-53(54)60-49/h27-30,41,45,56H,3-26,31-40H2,1-2H3,(H,55,63)(H,59,65)(H,67,68)(H3,54,57,60,61,66). The van der Waals surface area contributed by atoms with Gasteiger partial charge in [0.1, 0.15) is 6.04 Å². The van der Waals surface area contributed by atoms with E-state index in [2.05, 4.69) is 49.7 Å². The number of hydrogen-bond donors (Lipinski definition) is 6. The van der Waals surface area contributed by atoms with Crippen LogP contribution < -0.4 is 27.2 Å². The minimum absolute atomic E-state index is 0.0509. The maximum absolute atomic E-state index is 13.3. The SMILES string of the molecule is CCCCCCCCCCCCCCN(CCOCCOCCNC(=O)CCC(NC(=O)c1ccc(NCc2cnc3nc(N)[nH]c(=O)c3n2)cc1)C(=O)O)C(=O)CCCCCCCCCCCCC. The van der Waals surface area contributed by atoms with Crippen LogP contribution in [0.2, 0.25) is 0 Å². The summed E-state index contributed by atoms with van der Waals surface area (Å²) < 4.78 is 11.5. The van der Waals surface area contributed by atoms with E-state index < -0.39 is 23.5 Å². The van der Waals surface area contributed by atoms with Crippen LogP contribution in [0.3, 0.4) is 0 Å². The van der Waals surface area contributed by atoms with Gasteiger partial charge in [-0.05, 0) is 43.5 Å². The number of aromatic amines is 1. The molecule has 0 bridgehead atoms. The molecule has 1 unspecified atom stereocenters. The Bertz CT molecular complexity index is 1970. The average Bonchev–Trinajstić information content (AvgIpc) is 3.35. The first-order valence-electron chi connectivity index (χ1n) is 26.7. The Morgan fingerprint density at radius 1 is 0.700 bits per heavy atom. The summed E-state index contributed by atoms with van der Waals surface area (Å²) in [6.07, 6.45) is 31.1. The third-order valence-electron chi connectivity index (χ3n) is 12.4. The van der Waals surface area contributed by atoms with Crippen molar-refractivity contribution in [3.05, 3.63) is 52.1 Å². The summed E-state index contributed by atoms with van der Waals surface area (Å²) >= 11 is 0. The maximum Gasteiger partial charge on any atom is 0.326 e. The first kappa shape index (κ1) is 59.2. The van der Waals surface area contributed by atoms with Crippen LogP contribution in [0, 0.1) is 0 Å². The van der Waals surface area contributed by atoms with Crippen molar-refractivity contribution in [2.75, 3.05) is 57.1 Å². The predicted octanol–water partition coefficient (Wildman–Crippen LogP) is 9.25. The van der Waals surface area contributed by atoms with Crippen LogP contribution in [0.4, 0.5) is 11.6 Å². The van der Waals surface area contributed by atoms with Crippen molar-refractivity contribution in [1.29, 1.82) is 0 Å². The highest BCUT2D eigenvalue weighted by molar-refractivity contribution is 5.97. The highest BCUT2D eigenvalue weighted by atomic mass is 16.5. The summed E-state index contributed by atoms with van der Waals surface area (Å²) in [5.41, 5.74) is 6.61. The topological polar surface area (TPSA) is 244 Å². The van der Waals surface area contributed by atoms with Crippen LogP contribution in [-0.2, 0) is 30.4 Å². The minimum Gasteiger partial charge on any atom is -0.480 e. The number of H-pyrrole nitrogens is 1. The molecule has 70 heavy (non-hydrogen) atoms. The van der Waals surface area contributed by atoms with Crippen molar-refractivity contribution in [2.24, 2.45) is 0 Å². The van der Waals surface area contributed by atoms with Gasteiger partial charge in [0.05, 0.1) is 44.9 Å². The van der Waals surface area contributed by atoms with Gasteiger partial charge < -0.3 is 41.2 Å². The highest BCUT2D eigenvalue weighted by Gasteiger charge is 2.22. The van der Waals surface area contributed by atoms with Gasteiger partial charge in [-0.25, -0.2) is 14.8 Å². The second-order valence-corrected chi connectivity index (χ2v) is 18.4. The Morgan fingerprint density at radius 2 is 1.26 bits per heavy atom. The van der Waals surface area contributed by atoms with Gasteiger partial charge in [-0.15, -0.1) is 0 Å². The first-order valence-corrected chi connectivity index (χ1v) is 26.7. The van der Waals surface area contributed by atoms with Gasteiger partial charge >= 0.3 is 5.97 Å². The van der Waals surface area contributed by atoms with Crippen molar-refractivity contribution in [3.63, 3.8) is 0 Å². The molecule has 0 aliphatic rings. The Morgan fingerprint density at radius 3 is 1.84 bits per heavy atom. The number of carbonyl (C=O) groups excluding carboxylic acids is 3. The molecule has 1 aromatic carbocycles. The van der Waals surface area contributed by atoms with E-state index in [1.165, 1.54) is 140 Å². The number of ether oxygens (including phenoxy) is 2. The fraction of sp³-hybridized carbons (Fsp3) is 0.698. The number of carboxylic acid groups (broad SMARTS) is 1. The molecule has 3 aromatic rings. The fourth-order valence-electron chi connectivity index (χ4n) is 8.21. The molecule has 0 aliphatic heterocycles. The molecule has 3 amide bonds. The monoisotopic (exact) mass is 978 g/mol. The molecule has 392 valence electrons. The van der Waals surface area contributed by atoms with E-state index in [0.717, 1.165) is 32.2 Å². The van der Waals surface area contributed by atoms with Crippen molar-refractivity contribution < 1.29 is 33.8 Å². The molecule has 1 atom stereocenters. The zero-order valence-corrected chi connectivity index (χ0v) is 42.7. The molecule has 2 aromatic heterocycles. The quantitative estimate of drug-likeness (QED) is 0.0290. The van der Waals surface area contributed by atoms with Crippen molar-refractivity contribution in [1.82, 2.24) is 35.5 Å². The smallest absolute Gasteiger partial charge is 0.326 e. The largest absolute Gasteiger partial charge is 0.480 e. The van der Waals surface area contributed by atoms with E-state index in [-0.39, 0.29) is 67.0 Å². The van der Waals surface area contributed by atoms with Crippen LogP contribution in [0.1, 0.15) is 197 Å². The summed E-state index contributed by atoms with van der Waals surface area (Å²) in [6, 6.07) is 5.10. The summed E-state index contributed by atoms with van der Waals surface area (Å²) in [6.45, 7) is 7.71. The summed E-state index contributed by atoms with van der Waals surface area (Å²) in [7, 11) is 0. The lowest BCUT2D eigenvalue weighted by Crippen LogP contribution is -2.41. The number of nitrogen functional groups attached to an aromatic ring is 1. The summed E-state index contributed by atoms with van der Waals surface area (Å²) in [5.74, 6) is -2.03. The van der Waals surface area contributed by atoms with Gasteiger partial charge in [0.2, 0.25) is 17.8 Å². The zero-order valence-electron chi connectivity index (χ0n) is 42.7. The number of aliphatic carboxylic acids is 1. The van der Waals surface area contributed by atoms with Gasteiger partial charge in [-0.1, -0.05) is 149 Å².